The average molecular weight is 676 g/mol. The predicted molar refractivity (Wildman–Crippen MR) is 210 cm³/mol. The van der Waals surface area contributed by atoms with Crippen LogP contribution < -0.4 is 9.47 Å². The third-order valence-corrected chi connectivity index (χ3v) is 12.8. The number of benzene rings is 2. The van der Waals surface area contributed by atoms with Crippen molar-refractivity contribution in [3.8, 4) is 0 Å². The smallest absolute Gasteiger partial charge is 0.262 e. The lowest BCUT2D eigenvalue weighted by atomic mass is 10.0. The van der Waals surface area contributed by atoms with Gasteiger partial charge in [0.05, 0.1) is 43.3 Å². The molecule has 1 aliphatic heterocycles. The van der Waals surface area contributed by atoms with Crippen LogP contribution in [0.25, 0.3) is 16.3 Å². The molecular formula is C42H65N3S2+2. The molecule has 0 aliphatic carbocycles. The number of hydrogen-bond donors (Lipinski definition) is 0. The van der Waals surface area contributed by atoms with E-state index in [1.54, 1.807) is 0 Å². The molecule has 4 rings (SSSR count). The van der Waals surface area contributed by atoms with Crippen LogP contribution in [0.3, 0.4) is 0 Å². The zero-order valence-corrected chi connectivity index (χ0v) is 32.0. The first-order valence-electron chi connectivity index (χ1n) is 19.3. The van der Waals surface area contributed by atoms with Crippen molar-refractivity contribution in [3.05, 3.63) is 70.7 Å². The van der Waals surface area contributed by atoms with E-state index in [2.05, 4.69) is 104 Å². The highest BCUT2D eigenvalue weighted by atomic mass is 32.2. The lowest BCUT2D eigenvalue weighted by Gasteiger charge is -2.35. The molecule has 0 spiro atoms. The number of rotatable bonds is 24. The monoisotopic (exact) mass is 675 g/mol. The number of hydrogen-bond acceptors (Lipinski definition) is 3. The second-order valence-electron chi connectivity index (χ2n) is 13.6. The summed E-state index contributed by atoms with van der Waals surface area (Å²) >= 11 is 3.85. The van der Waals surface area contributed by atoms with Crippen molar-refractivity contribution in [2.24, 2.45) is 0 Å². The average Bonchev–Trinajstić information content (AvgIpc) is 3.64. The van der Waals surface area contributed by atoms with Crippen molar-refractivity contribution in [2.75, 3.05) is 37.6 Å². The molecule has 258 valence electrons. The maximum Gasteiger partial charge on any atom is 0.262 e. The highest BCUT2D eigenvalue weighted by Crippen LogP contribution is 2.46. The number of aryl methyl sites for hydroxylation is 1. The minimum Gasteiger partial charge on any atom is -0.335 e. The molecule has 47 heavy (non-hydrogen) atoms. The van der Waals surface area contributed by atoms with Crippen LogP contribution in [0.5, 0.6) is 0 Å². The van der Waals surface area contributed by atoms with Gasteiger partial charge in [0.15, 0.2) is 6.54 Å². The number of allylic oxidation sites excluding steroid dienone is 2. The zero-order chi connectivity index (χ0) is 33.2. The molecule has 3 nitrogen and oxygen atoms in total. The molecule has 5 heteroatoms. The Kier molecular flexibility index (Phi) is 16.9. The standard InChI is InChI=1S/C42H65N3S2/c1-5-9-10-11-12-13-14-15-16-17-18-19-20-25-34-43-37-28-21-23-30-39(37)46-41(43)32-26-33-42-44(38-29-22-24-31-40(38)47-42)35-27-36-45(6-2,7-3)8-4/h21-24,26,28-33H,5-20,25,27,34-36H2,1-4H3/q+2. The number of nitrogens with zero attached hydrogens (tertiary/aromatic N) is 3. The summed E-state index contributed by atoms with van der Waals surface area (Å²) in [6, 6.07) is 17.9. The van der Waals surface area contributed by atoms with Gasteiger partial charge in [0.25, 0.3) is 5.01 Å². The lowest BCUT2D eigenvalue weighted by molar-refractivity contribution is -0.925. The van der Waals surface area contributed by atoms with E-state index in [4.69, 9.17) is 0 Å². The minimum atomic E-state index is 1.08. The van der Waals surface area contributed by atoms with Gasteiger partial charge in [-0.25, -0.2) is 0 Å². The largest absolute Gasteiger partial charge is 0.335 e. The van der Waals surface area contributed by atoms with Gasteiger partial charge in [-0.3, -0.25) is 0 Å². The Labute approximate surface area is 296 Å². The van der Waals surface area contributed by atoms with E-state index in [0.717, 1.165) is 13.1 Å². The van der Waals surface area contributed by atoms with Crippen LogP contribution in [0, 0.1) is 0 Å². The predicted octanol–water partition coefficient (Wildman–Crippen LogP) is 12.4. The van der Waals surface area contributed by atoms with Gasteiger partial charge >= 0.3 is 0 Å². The molecule has 0 N–H and O–H groups in total. The quantitative estimate of drug-likeness (QED) is 0.0530. The van der Waals surface area contributed by atoms with Crippen molar-refractivity contribution in [1.29, 1.82) is 0 Å². The Bertz CT molecular complexity index is 1360. The van der Waals surface area contributed by atoms with Crippen molar-refractivity contribution in [1.82, 2.24) is 0 Å². The van der Waals surface area contributed by atoms with E-state index in [1.165, 1.54) is 158 Å². The second kappa shape index (κ2) is 21.1. The molecule has 1 aromatic heterocycles. The van der Waals surface area contributed by atoms with Crippen molar-refractivity contribution >= 4 is 45.1 Å². The van der Waals surface area contributed by atoms with E-state index in [1.807, 2.05) is 23.1 Å². The van der Waals surface area contributed by atoms with E-state index >= 15 is 0 Å². The Hall–Kier alpha value is -2.08. The van der Waals surface area contributed by atoms with Crippen LogP contribution in [0.15, 0.2) is 70.6 Å². The highest BCUT2D eigenvalue weighted by molar-refractivity contribution is 8.03. The third kappa shape index (κ3) is 11.5. The Morgan fingerprint density at radius 1 is 0.681 bits per heavy atom. The molecule has 0 atom stereocenters. The number of quaternary nitrogens is 1. The maximum atomic E-state index is 2.57. The fourth-order valence-electron chi connectivity index (χ4n) is 7.20. The Morgan fingerprint density at radius 2 is 1.28 bits per heavy atom. The van der Waals surface area contributed by atoms with E-state index in [0.29, 0.717) is 0 Å². The molecule has 0 unspecified atom stereocenters. The molecule has 2 aromatic carbocycles. The summed E-state index contributed by atoms with van der Waals surface area (Å²) in [6.07, 6.45) is 27.9. The molecule has 0 radical (unpaired) electrons. The summed E-state index contributed by atoms with van der Waals surface area (Å²) < 4.78 is 5.16. The molecule has 0 fully saturated rings. The topological polar surface area (TPSA) is 7.12 Å². The van der Waals surface area contributed by atoms with Crippen LogP contribution in [-0.2, 0) is 6.54 Å². The number of unbranched alkanes of at least 4 members (excludes halogenated alkanes) is 13. The lowest BCUT2D eigenvalue weighted by Crippen LogP contribution is -2.49. The summed E-state index contributed by atoms with van der Waals surface area (Å²) in [7, 11) is 0. The van der Waals surface area contributed by atoms with E-state index in [-0.39, 0.29) is 0 Å². The van der Waals surface area contributed by atoms with Gasteiger partial charge in [0.1, 0.15) is 4.70 Å². The normalized spacial score (nSPS) is 14.3. The highest BCUT2D eigenvalue weighted by Gasteiger charge is 2.25. The second-order valence-corrected chi connectivity index (χ2v) is 15.7. The molecule has 2 heterocycles. The summed E-state index contributed by atoms with van der Waals surface area (Å²) in [5, 5.41) is 2.71. The SMILES string of the molecule is CCCCCCCCCCCCCCCCN1/C(=C\C=C\c2sc3ccccc3[n+]2CCC[N+](CC)(CC)CC)Sc2ccccc21. The number of thioether (sulfide) groups is 1. The zero-order valence-electron chi connectivity index (χ0n) is 30.4. The molecule has 0 amide bonds. The number of thiazole rings is 1. The number of aromatic nitrogens is 1. The first-order valence-corrected chi connectivity index (χ1v) is 21.0. The summed E-state index contributed by atoms with van der Waals surface area (Å²) in [5.74, 6) is 0. The minimum absolute atomic E-state index is 1.08. The summed E-state index contributed by atoms with van der Waals surface area (Å²) in [4.78, 5) is 3.96. The molecular weight excluding hydrogens is 611 g/mol. The van der Waals surface area contributed by atoms with Crippen molar-refractivity contribution in [3.63, 3.8) is 0 Å². The fraction of sp³-hybridized carbons (Fsp3) is 0.595. The van der Waals surface area contributed by atoms with Gasteiger partial charge in [-0.15, -0.1) is 0 Å². The summed E-state index contributed by atoms with van der Waals surface area (Å²) in [6.45, 7) is 16.4. The van der Waals surface area contributed by atoms with Crippen molar-refractivity contribution in [2.45, 2.75) is 135 Å². The van der Waals surface area contributed by atoms with Gasteiger partial charge in [0, 0.05) is 23.6 Å². The molecule has 0 bridgehead atoms. The Morgan fingerprint density at radius 3 is 1.94 bits per heavy atom. The molecule has 0 saturated carbocycles. The first-order chi connectivity index (χ1) is 23.1. The number of fused-ring (bicyclic) bond motifs is 2. The fourth-order valence-corrected chi connectivity index (χ4v) is 9.40. The molecule has 3 aromatic rings. The van der Waals surface area contributed by atoms with Crippen LogP contribution in [0.2, 0.25) is 0 Å². The number of anilines is 1. The van der Waals surface area contributed by atoms with Gasteiger partial charge in [-0.1, -0.05) is 144 Å². The number of para-hydroxylation sites is 2. The van der Waals surface area contributed by atoms with E-state index < -0.39 is 0 Å². The maximum absolute atomic E-state index is 2.57. The van der Waals surface area contributed by atoms with Crippen LogP contribution in [-0.4, -0.2) is 37.2 Å². The van der Waals surface area contributed by atoms with Crippen molar-refractivity contribution < 1.29 is 9.05 Å². The van der Waals surface area contributed by atoms with Gasteiger partial charge < -0.3 is 9.38 Å². The van der Waals surface area contributed by atoms with Gasteiger partial charge in [-0.05, 0) is 51.5 Å². The molecule has 0 saturated heterocycles. The molecule has 1 aliphatic rings. The van der Waals surface area contributed by atoms with E-state index in [9.17, 15) is 0 Å². The van der Waals surface area contributed by atoms with Crippen LogP contribution >= 0.6 is 23.1 Å². The van der Waals surface area contributed by atoms with Crippen LogP contribution in [0.4, 0.5) is 5.69 Å². The van der Waals surface area contributed by atoms with Gasteiger partial charge in [-0.2, -0.15) is 4.57 Å². The Balaban J connectivity index is 1.29. The third-order valence-electron chi connectivity index (χ3n) is 10.5. The van der Waals surface area contributed by atoms with Gasteiger partial charge in [0.2, 0.25) is 5.52 Å². The van der Waals surface area contributed by atoms with Crippen LogP contribution in [0.1, 0.15) is 129 Å². The first kappa shape index (κ1) is 37.7. The summed E-state index contributed by atoms with van der Waals surface area (Å²) in [5.41, 5.74) is 2.75.